The molecule has 2 heterocycles. The van der Waals surface area contributed by atoms with E-state index in [-0.39, 0.29) is 12.1 Å². The normalized spacial score (nSPS) is 29.1. The molecule has 2 aliphatic heterocycles. The van der Waals surface area contributed by atoms with Gasteiger partial charge in [-0.25, -0.2) is 4.79 Å². The van der Waals surface area contributed by atoms with Crippen molar-refractivity contribution in [3.05, 3.63) is 29.8 Å². The van der Waals surface area contributed by atoms with Crippen molar-refractivity contribution in [3.8, 4) is 0 Å². The quantitative estimate of drug-likeness (QED) is 0.813. The van der Waals surface area contributed by atoms with Gasteiger partial charge in [0.2, 0.25) is 0 Å². The maximum atomic E-state index is 12.7. The van der Waals surface area contributed by atoms with Gasteiger partial charge in [0.15, 0.2) is 0 Å². The summed E-state index contributed by atoms with van der Waals surface area (Å²) >= 11 is 0. The molecule has 2 N–H and O–H groups in total. The van der Waals surface area contributed by atoms with Crippen molar-refractivity contribution >= 4 is 11.7 Å². The van der Waals surface area contributed by atoms with Crippen LogP contribution in [0.3, 0.4) is 0 Å². The molecule has 2 amide bonds. The Bertz CT molecular complexity index is 662. The van der Waals surface area contributed by atoms with Crippen LogP contribution in [0.25, 0.3) is 0 Å². The zero-order chi connectivity index (χ0) is 19.3. The molecule has 1 unspecified atom stereocenters. The fourth-order valence-corrected chi connectivity index (χ4v) is 5.03. The number of ether oxygens (including phenoxy) is 2. The maximum absolute atomic E-state index is 12.7. The second-order valence-corrected chi connectivity index (χ2v) is 8.36. The molecule has 3 aliphatic rings. The van der Waals surface area contributed by atoms with Gasteiger partial charge in [-0.05, 0) is 62.1 Å². The molecule has 1 saturated carbocycles. The minimum atomic E-state index is -0.0940. The highest BCUT2D eigenvalue weighted by Crippen LogP contribution is 2.29. The Morgan fingerprint density at radius 1 is 1.18 bits per heavy atom. The molecule has 0 bridgehead atoms. The first-order valence-corrected chi connectivity index (χ1v) is 10.7. The van der Waals surface area contributed by atoms with E-state index < -0.39 is 0 Å². The molecule has 3 fully saturated rings. The Kier molecular flexibility index (Phi) is 6.50. The first kappa shape index (κ1) is 19.7. The summed E-state index contributed by atoms with van der Waals surface area (Å²) in [5, 5.41) is 6.29. The number of nitrogens with zero attached hydrogens (tertiary/aromatic N) is 1. The van der Waals surface area contributed by atoms with Crippen LogP contribution in [0, 0.1) is 0 Å². The number of likely N-dealkylation sites (tertiary alicyclic amines) is 1. The fourth-order valence-electron chi connectivity index (χ4n) is 5.03. The molecule has 4 rings (SSSR count). The van der Waals surface area contributed by atoms with Crippen LogP contribution in [0.2, 0.25) is 0 Å². The van der Waals surface area contributed by atoms with Crippen LogP contribution in [0.5, 0.6) is 0 Å². The lowest BCUT2D eigenvalue weighted by Crippen LogP contribution is -2.49. The van der Waals surface area contributed by atoms with Crippen LogP contribution >= 0.6 is 0 Å². The molecule has 1 aliphatic carbocycles. The number of carbonyl (C=O) groups is 1. The summed E-state index contributed by atoms with van der Waals surface area (Å²) in [6.45, 7) is 3.70. The highest BCUT2D eigenvalue weighted by atomic mass is 16.5. The van der Waals surface area contributed by atoms with E-state index in [1.807, 2.05) is 12.1 Å². The smallest absolute Gasteiger partial charge is 0.319 e. The molecule has 0 spiro atoms. The topological polar surface area (TPSA) is 62.8 Å². The van der Waals surface area contributed by atoms with E-state index in [4.69, 9.17) is 9.47 Å². The number of carbonyl (C=O) groups excluding carboxylic acids is 1. The molecule has 2 saturated heterocycles. The summed E-state index contributed by atoms with van der Waals surface area (Å²) < 4.78 is 11.0. The predicted molar refractivity (Wildman–Crippen MR) is 110 cm³/mol. The molecule has 3 atom stereocenters. The lowest BCUT2D eigenvalue weighted by Gasteiger charge is -2.30. The predicted octanol–water partition coefficient (Wildman–Crippen LogP) is 3.34. The SMILES string of the molecule is COC1CCN([C@@H]2CCC[C@@H]2NC(=O)Nc2cccc(C3CCOCC3)c2)C1. The van der Waals surface area contributed by atoms with E-state index >= 15 is 0 Å². The number of hydrogen-bond acceptors (Lipinski definition) is 4. The number of benzene rings is 1. The maximum Gasteiger partial charge on any atom is 0.319 e. The lowest BCUT2D eigenvalue weighted by atomic mass is 9.91. The van der Waals surface area contributed by atoms with Crippen molar-refractivity contribution in [2.24, 2.45) is 0 Å². The molecule has 6 heteroatoms. The molecule has 6 nitrogen and oxygen atoms in total. The highest BCUT2D eigenvalue weighted by Gasteiger charge is 2.36. The van der Waals surface area contributed by atoms with Gasteiger partial charge in [0.1, 0.15) is 0 Å². The number of anilines is 1. The van der Waals surface area contributed by atoms with E-state index in [0.29, 0.717) is 18.1 Å². The Labute approximate surface area is 168 Å². The average Bonchev–Trinajstić information content (AvgIpc) is 3.38. The van der Waals surface area contributed by atoms with E-state index in [1.165, 1.54) is 12.0 Å². The van der Waals surface area contributed by atoms with Crippen molar-refractivity contribution in [3.63, 3.8) is 0 Å². The summed E-state index contributed by atoms with van der Waals surface area (Å²) in [4.78, 5) is 15.1. The average molecular weight is 388 g/mol. The van der Waals surface area contributed by atoms with Gasteiger partial charge in [-0.3, -0.25) is 4.90 Å². The second-order valence-electron chi connectivity index (χ2n) is 8.36. The monoisotopic (exact) mass is 387 g/mol. The molecule has 0 radical (unpaired) electrons. The first-order valence-electron chi connectivity index (χ1n) is 10.7. The van der Waals surface area contributed by atoms with Gasteiger partial charge in [0, 0.05) is 51.2 Å². The van der Waals surface area contributed by atoms with Crippen LogP contribution in [-0.2, 0) is 9.47 Å². The number of amides is 2. The van der Waals surface area contributed by atoms with Crippen LogP contribution < -0.4 is 10.6 Å². The number of urea groups is 1. The van der Waals surface area contributed by atoms with Gasteiger partial charge in [-0.15, -0.1) is 0 Å². The fraction of sp³-hybridized carbons (Fsp3) is 0.682. The minimum absolute atomic E-state index is 0.0940. The Hall–Kier alpha value is -1.63. The number of rotatable bonds is 5. The first-order chi connectivity index (χ1) is 13.7. The van der Waals surface area contributed by atoms with Crippen LogP contribution in [0.4, 0.5) is 10.5 Å². The molecular weight excluding hydrogens is 354 g/mol. The lowest BCUT2D eigenvalue weighted by molar-refractivity contribution is 0.0853. The van der Waals surface area contributed by atoms with Gasteiger partial charge in [-0.1, -0.05) is 12.1 Å². The minimum Gasteiger partial charge on any atom is -0.381 e. The van der Waals surface area contributed by atoms with Crippen molar-refractivity contribution in [2.45, 2.75) is 62.6 Å². The Balaban J connectivity index is 1.32. The number of methoxy groups -OCH3 is 1. The van der Waals surface area contributed by atoms with Crippen molar-refractivity contribution in [1.82, 2.24) is 10.2 Å². The summed E-state index contributed by atoms with van der Waals surface area (Å²) in [5.74, 6) is 0.529. The summed E-state index contributed by atoms with van der Waals surface area (Å²) in [6.07, 6.45) is 6.90. The second kappa shape index (κ2) is 9.25. The van der Waals surface area contributed by atoms with Crippen LogP contribution in [0.1, 0.15) is 50.0 Å². The van der Waals surface area contributed by atoms with E-state index in [1.54, 1.807) is 7.11 Å². The number of hydrogen-bond donors (Lipinski definition) is 2. The van der Waals surface area contributed by atoms with Gasteiger partial charge in [0.25, 0.3) is 0 Å². The van der Waals surface area contributed by atoms with Gasteiger partial charge in [0.05, 0.1) is 6.10 Å². The van der Waals surface area contributed by atoms with E-state index in [2.05, 4.69) is 27.7 Å². The van der Waals surface area contributed by atoms with Crippen molar-refractivity contribution in [2.75, 3.05) is 38.7 Å². The Morgan fingerprint density at radius 2 is 2.04 bits per heavy atom. The molecule has 1 aromatic carbocycles. The highest BCUT2D eigenvalue weighted by molar-refractivity contribution is 5.89. The molecular formula is C22H33N3O3. The van der Waals surface area contributed by atoms with E-state index in [9.17, 15) is 4.79 Å². The molecule has 0 aromatic heterocycles. The summed E-state index contributed by atoms with van der Waals surface area (Å²) in [7, 11) is 1.79. The third kappa shape index (κ3) is 4.67. The third-order valence-corrected chi connectivity index (χ3v) is 6.61. The molecule has 154 valence electrons. The number of nitrogens with one attached hydrogen (secondary N) is 2. The third-order valence-electron chi connectivity index (χ3n) is 6.61. The van der Waals surface area contributed by atoms with Gasteiger partial charge in [-0.2, -0.15) is 0 Å². The van der Waals surface area contributed by atoms with Crippen LogP contribution in [-0.4, -0.2) is 62.5 Å². The van der Waals surface area contributed by atoms with E-state index in [0.717, 1.165) is 64.1 Å². The van der Waals surface area contributed by atoms with Gasteiger partial charge < -0.3 is 20.1 Å². The van der Waals surface area contributed by atoms with Gasteiger partial charge >= 0.3 is 6.03 Å². The van der Waals surface area contributed by atoms with Crippen molar-refractivity contribution < 1.29 is 14.3 Å². The standard InChI is InChI=1S/C22H33N3O3/c1-27-19-8-11-25(15-19)21-7-3-6-20(21)24-22(26)23-18-5-2-4-17(14-18)16-9-12-28-13-10-16/h2,4-5,14,16,19-21H,3,6-13,15H2,1H3,(H2,23,24,26)/t19?,20-,21+/m0/s1. The molecule has 28 heavy (non-hydrogen) atoms. The zero-order valence-corrected chi connectivity index (χ0v) is 16.9. The summed E-state index contributed by atoms with van der Waals surface area (Å²) in [5.41, 5.74) is 2.17. The van der Waals surface area contributed by atoms with Crippen LogP contribution in [0.15, 0.2) is 24.3 Å². The largest absolute Gasteiger partial charge is 0.381 e. The Morgan fingerprint density at radius 3 is 2.82 bits per heavy atom. The summed E-state index contributed by atoms with van der Waals surface area (Å²) in [6, 6.07) is 8.83. The molecule has 1 aromatic rings. The van der Waals surface area contributed by atoms with Crippen molar-refractivity contribution in [1.29, 1.82) is 0 Å². The zero-order valence-electron chi connectivity index (χ0n) is 16.9.